The Balaban J connectivity index is 1.52. The molecule has 0 amide bonds. The number of fused-ring (bicyclic) bond motifs is 1. The highest BCUT2D eigenvalue weighted by atomic mass is 79.9. The third-order valence-electron chi connectivity index (χ3n) is 4.77. The average molecular weight is 498 g/mol. The van der Waals surface area contributed by atoms with Crippen LogP contribution in [-0.2, 0) is 18.4 Å². The number of ether oxygens (including phenoxy) is 4. The van der Waals surface area contributed by atoms with Crippen molar-refractivity contribution < 1.29 is 23.7 Å². The molecule has 4 aromatic rings. The minimum Gasteiger partial charge on any atom is -0.486 e. The predicted molar refractivity (Wildman–Crippen MR) is 121 cm³/mol. The summed E-state index contributed by atoms with van der Waals surface area (Å²) < 4.78 is 24.4. The first-order chi connectivity index (χ1) is 15.5. The summed E-state index contributed by atoms with van der Waals surface area (Å²) in [5.74, 6) is 2.35. The zero-order valence-corrected chi connectivity index (χ0v) is 19.3. The van der Waals surface area contributed by atoms with Crippen molar-refractivity contribution in [1.29, 1.82) is 0 Å². The molecular weight excluding hydrogens is 478 g/mol. The smallest absolute Gasteiger partial charge is 0.337 e. The number of aromatic nitrogens is 3. The minimum absolute atomic E-state index is 0.234. The van der Waals surface area contributed by atoms with Gasteiger partial charge in [0.2, 0.25) is 11.8 Å². The maximum atomic E-state index is 11.7. The van der Waals surface area contributed by atoms with Gasteiger partial charge in [-0.15, -0.1) is 0 Å². The normalized spacial score (nSPS) is 10.8. The van der Waals surface area contributed by atoms with Crippen molar-refractivity contribution in [1.82, 2.24) is 14.5 Å². The first-order valence-electron chi connectivity index (χ1n) is 9.63. The largest absolute Gasteiger partial charge is 0.486 e. The van der Waals surface area contributed by atoms with E-state index in [1.807, 2.05) is 35.9 Å². The van der Waals surface area contributed by atoms with E-state index in [1.54, 1.807) is 37.4 Å². The highest BCUT2D eigenvalue weighted by molar-refractivity contribution is 9.10. The van der Waals surface area contributed by atoms with E-state index < -0.39 is 5.97 Å². The van der Waals surface area contributed by atoms with Crippen molar-refractivity contribution in [3.05, 3.63) is 70.5 Å². The van der Waals surface area contributed by atoms with E-state index in [1.165, 1.54) is 7.11 Å². The Morgan fingerprint density at radius 1 is 1.03 bits per heavy atom. The third kappa shape index (κ3) is 4.52. The predicted octanol–water partition coefficient (Wildman–Crippen LogP) is 4.90. The second-order valence-corrected chi connectivity index (χ2v) is 7.64. The molecule has 9 heteroatoms. The number of imidazole rings is 1. The zero-order chi connectivity index (χ0) is 22.7. The second kappa shape index (κ2) is 9.27. The number of nitrogens with zero attached hydrogens (tertiary/aromatic N) is 3. The molecule has 2 aromatic heterocycles. The van der Waals surface area contributed by atoms with Gasteiger partial charge in [0, 0.05) is 19.2 Å². The lowest BCUT2D eigenvalue weighted by molar-refractivity contribution is 0.0600. The minimum atomic E-state index is -0.413. The molecule has 0 radical (unpaired) electrons. The van der Waals surface area contributed by atoms with Gasteiger partial charge in [-0.1, -0.05) is 6.07 Å². The average Bonchev–Trinajstić information content (AvgIpc) is 3.13. The summed E-state index contributed by atoms with van der Waals surface area (Å²) in [5, 5.41) is 0. The maximum Gasteiger partial charge on any atom is 0.337 e. The molecule has 4 rings (SSSR count). The molecule has 0 spiro atoms. The summed E-state index contributed by atoms with van der Waals surface area (Å²) >= 11 is 3.38. The maximum absolute atomic E-state index is 11.7. The Hall–Kier alpha value is -3.59. The molecule has 8 nitrogen and oxygen atoms in total. The van der Waals surface area contributed by atoms with Gasteiger partial charge >= 0.3 is 5.97 Å². The van der Waals surface area contributed by atoms with Gasteiger partial charge in [0.1, 0.15) is 23.9 Å². The molecule has 0 fully saturated rings. The lowest BCUT2D eigenvalue weighted by Gasteiger charge is -2.08. The number of aryl methyl sites for hydroxylation is 1. The number of methoxy groups -OCH3 is 2. The molecule has 0 bridgehead atoms. The summed E-state index contributed by atoms with van der Waals surface area (Å²) in [7, 11) is 4.80. The van der Waals surface area contributed by atoms with Gasteiger partial charge in [-0.05, 0) is 52.3 Å². The van der Waals surface area contributed by atoms with Crippen LogP contribution in [0, 0.1) is 0 Å². The molecule has 32 heavy (non-hydrogen) atoms. The summed E-state index contributed by atoms with van der Waals surface area (Å²) in [5.41, 5.74) is 2.12. The van der Waals surface area contributed by atoms with Crippen LogP contribution in [0.15, 0.2) is 59.1 Å². The number of esters is 1. The Morgan fingerprint density at radius 2 is 1.88 bits per heavy atom. The summed E-state index contributed by atoms with van der Waals surface area (Å²) in [6.07, 6.45) is 0. The molecule has 0 aliphatic heterocycles. The summed E-state index contributed by atoms with van der Waals surface area (Å²) in [6.45, 7) is 0.234. The van der Waals surface area contributed by atoms with Crippen LogP contribution in [0.1, 0.15) is 16.2 Å². The van der Waals surface area contributed by atoms with Crippen molar-refractivity contribution in [2.24, 2.45) is 7.05 Å². The van der Waals surface area contributed by atoms with Gasteiger partial charge in [-0.2, -0.15) is 4.98 Å². The van der Waals surface area contributed by atoms with E-state index in [-0.39, 0.29) is 6.61 Å². The van der Waals surface area contributed by atoms with Crippen molar-refractivity contribution >= 4 is 32.9 Å². The van der Waals surface area contributed by atoms with Gasteiger partial charge in [0.25, 0.3) is 0 Å². The van der Waals surface area contributed by atoms with Crippen LogP contribution < -0.4 is 14.2 Å². The first-order valence-corrected chi connectivity index (χ1v) is 10.4. The van der Waals surface area contributed by atoms with Crippen LogP contribution in [0.2, 0.25) is 0 Å². The van der Waals surface area contributed by atoms with Gasteiger partial charge in [-0.3, -0.25) is 0 Å². The molecule has 0 atom stereocenters. The number of benzene rings is 2. The number of rotatable bonds is 7. The van der Waals surface area contributed by atoms with Crippen LogP contribution in [0.4, 0.5) is 0 Å². The monoisotopic (exact) mass is 497 g/mol. The van der Waals surface area contributed by atoms with Crippen molar-refractivity contribution in [3.63, 3.8) is 0 Å². The van der Waals surface area contributed by atoms with Crippen molar-refractivity contribution in [2.75, 3.05) is 14.2 Å². The van der Waals surface area contributed by atoms with Gasteiger partial charge in [-0.25, -0.2) is 9.78 Å². The van der Waals surface area contributed by atoms with Gasteiger partial charge in [0.15, 0.2) is 0 Å². The first kappa shape index (κ1) is 21.6. The number of hydrogen-bond acceptors (Lipinski definition) is 7. The molecule has 0 aliphatic rings. The number of halogens is 1. The van der Waals surface area contributed by atoms with E-state index in [4.69, 9.17) is 18.9 Å². The Morgan fingerprint density at radius 3 is 2.66 bits per heavy atom. The van der Waals surface area contributed by atoms with E-state index >= 15 is 0 Å². The molecule has 0 N–H and O–H groups in total. The molecule has 164 valence electrons. The topological polar surface area (TPSA) is 84.7 Å². The summed E-state index contributed by atoms with van der Waals surface area (Å²) in [6, 6.07) is 16.0. The van der Waals surface area contributed by atoms with Crippen LogP contribution >= 0.6 is 15.9 Å². The molecule has 0 unspecified atom stereocenters. The second-order valence-electron chi connectivity index (χ2n) is 6.79. The number of pyridine rings is 1. The SMILES string of the molecule is COC(=O)c1cccc(OCc2nc3ccc(Oc4ccc(Br)c(OC)n4)cc3n2C)c1. The number of carbonyl (C=O) groups excluding carboxylic acids is 1. The van der Waals surface area contributed by atoms with Gasteiger partial charge < -0.3 is 23.5 Å². The Bertz CT molecular complexity index is 1290. The summed E-state index contributed by atoms with van der Waals surface area (Å²) in [4.78, 5) is 20.7. The third-order valence-corrected chi connectivity index (χ3v) is 5.38. The van der Waals surface area contributed by atoms with Gasteiger partial charge in [0.05, 0.1) is 35.3 Å². The van der Waals surface area contributed by atoms with E-state index in [0.717, 1.165) is 21.3 Å². The van der Waals surface area contributed by atoms with Crippen LogP contribution in [0.3, 0.4) is 0 Å². The van der Waals surface area contributed by atoms with Crippen LogP contribution in [0.25, 0.3) is 11.0 Å². The Kier molecular flexibility index (Phi) is 6.27. The highest BCUT2D eigenvalue weighted by Crippen LogP contribution is 2.29. The molecule has 2 aromatic carbocycles. The van der Waals surface area contributed by atoms with Crippen molar-refractivity contribution in [2.45, 2.75) is 6.61 Å². The van der Waals surface area contributed by atoms with E-state index in [9.17, 15) is 4.79 Å². The molecule has 0 saturated carbocycles. The van der Waals surface area contributed by atoms with Crippen LogP contribution in [-0.4, -0.2) is 34.7 Å². The van der Waals surface area contributed by atoms with E-state index in [0.29, 0.717) is 28.8 Å². The Labute approximate surface area is 192 Å². The molecular formula is C23H20BrN3O5. The molecule has 0 saturated heterocycles. The molecule has 2 heterocycles. The highest BCUT2D eigenvalue weighted by Gasteiger charge is 2.12. The fraction of sp³-hybridized carbons (Fsp3) is 0.174. The van der Waals surface area contributed by atoms with Crippen LogP contribution in [0.5, 0.6) is 23.3 Å². The number of hydrogen-bond donors (Lipinski definition) is 0. The van der Waals surface area contributed by atoms with E-state index in [2.05, 4.69) is 25.9 Å². The fourth-order valence-corrected chi connectivity index (χ4v) is 3.50. The zero-order valence-electron chi connectivity index (χ0n) is 17.7. The standard InChI is InChI=1S/C23H20BrN3O5/c1-27-19-12-16(32-21-10-8-17(24)22(26-21)29-2)7-9-18(19)25-20(27)13-31-15-6-4-5-14(11-15)23(28)30-3/h4-12H,13H2,1-3H3. The molecule has 0 aliphatic carbocycles. The van der Waals surface area contributed by atoms with Crippen molar-refractivity contribution in [3.8, 4) is 23.3 Å². The lowest BCUT2D eigenvalue weighted by Crippen LogP contribution is -2.05. The fourth-order valence-electron chi connectivity index (χ4n) is 3.12. The number of carbonyl (C=O) groups is 1. The quantitative estimate of drug-likeness (QED) is 0.335. The lowest BCUT2D eigenvalue weighted by atomic mass is 10.2.